The second-order valence-electron chi connectivity index (χ2n) is 4.37. The third-order valence-corrected chi connectivity index (χ3v) is 3.73. The van der Waals surface area contributed by atoms with Crippen molar-refractivity contribution >= 4 is 27.6 Å². The van der Waals surface area contributed by atoms with Gasteiger partial charge in [-0.15, -0.1) is 0 Å². The van der Waals surface area contributed by atoms with E-state index in [-0.39, 0.29) is 0 Å². The minimum Gasteiger partial charge on any atom is -0.480 e. The van der Waals surface area contributed by atoms with Crippen LogP contribution in [0.2, 0.25) is 0 Å². The van der Waals surface area contributed by atoms with E-state index in [0.717, 1.165) is 34.3 Å². The number of anilines is 1. The largest absolute Gasteiger partial charge is 0.480 e. The van der Waals surface area contributed by atoms with Crippen molar-refractivity contribution in [1.82, 2.24) is 4.90 Å². The summed E-state index contributed by atoms with van der Waals surface area (Å²) < 4.78 is 0.943. The average Bonchev–Trinajstić information content (AvgIpc) is 2.26. The van der Waals surface area contributed by atoms with Crippen molar-refractivity contribution in [2.45, 2.75) is 25.9 Å². The van der Waals surface area contributed by atoms with Crippen LogP contribution in [0, 0.1) is 0 Å². The highest BCUT2D eigenvalue weighted by Crippen LogP contribution is 2.29. The standard InChI is InChI=1S/C12H15BrN2O2/c1-7(12(16)17)15-3-2-10-8(6-15)4-9(13)5-11(10)14/h4-5,7H,2-3,6,14H2,1H3,(H,16,17). The van der Waals surface area contributed by atoms with Crippen LogP contribution < -0.4 is 5.73 Å². The van der Waals surface area contributed by atoms with E-state index in [9.17, 15) is 4.79 Å². The van der Waals surface area contributed by atoms with E-state index in [0.29, 0.717) is 6.54 Å². The molecule has 1 heterocycles. The van der Waals surface area contributed by atoms with Crippen molar-refractivity contribution in [3.8, 4) is 0 Å². The first kappa shape index (κ1) is 12.4. The number of nitrogens with zero attached hydrogens (tertiary/aromatic N) is 1. The third kappa shape index (κ3) is 2.45. The summed E-state index contributed by atoms with van der Waals surface area (Å²) in [4.78, 5) is 12.9. The molecule has 0 aliphatic carbocycles. The number of benzene rings is 1. The number of nitrogen functional groups attached to an aromatic ring is 1. The Hall–Kier alpha value is -1.07. The molecular weight excluding hydrogens is 284 g/mol. The molecule has 1 aromatic carbocycles. The molecule has 1 aromatic rings. The van der Waals surface area contributed by atoms with E-state index >= 15 is 0 Å². The molecule has 5 heteroatoms. The molecule has 0 radical (unpaired) electrons. The van der Waals surface area contributed by atoms with Crippen LogP contribution in [0.3, 0.4) is 0 Å². The molecule has 1 aliphatic heterocycles. The van der Waals surface area contributed by atoms with Gasteiger partial charge in [0, 0.05) is 23.2 Å². The molecule has 0 spiro atoms. The number of halogens is 1. The first-order valence-electron chi connectivity index (χ1n) is 5.52. The van der Waals surface area contributed by atoms with Crippen LogP contribution in [0.5, 0.6) is 0 Å². The number of fused-ring (bicyclic) bond motifs is 1. The molecule has 4 nitrogen and oxygen atoms in total. The maximum Gasteiger partial charge on any atom is 0.320 e. The summed E-state index contributed by atoms with van der Waals surface area (Å²) in [6.07, 6.45) is 0.812. The Morgan fingerprint density at radius 1 is 1.59 bits per heavy atom. The zero-order valence-electron chi connectivity index (χ0n) is 9.61. The predicted molar refractivity (Wildman–Crippen MR) is 69.8 cm³/mol. The van der Waals surface area contributed by atoms with Crippen molar-refractivity contribution in [2.24, 2.45) is 0 Å². The maximum atomic E-state index is 11.0. The minimum atomic E-state index is -0.781. The summed E-state index contributed by atoms with van der Waals surface area (Å²) in [6, 6.07) is 3.46. The van der Waals surface area contributed by atoms with Gasteiger partial charge in [0.05, 0.1) is 0 Å². The van der Waals surface area contributed by atoms with Crippen molar-refractivity contribution in [2.75, 3.05) is 12.3 Å². The molecule has 0 saturated heterocycles. The van der Waals surface area contributed by atoms with Crippen LogP contribution in [-0.4, -0.2) is 28.6 Å². The van der Waals surface area contributed by atoms with Crippen molar-refractivity contribution in [3.05, 3.63) is 27.7 Å². The van der Waals surface area contributed by atoms with E-state index in [2.05, 4.69) is 15.9 Å². The fourth-order valence-electron chi connectivity index (χ4n) is 2.20. The normalized spacial score (nSPS) is 17.5. The van der Waals surface area contributed by atoms with Gasteiger partial charge in [-0.25, -0.2) is 0 Å². The molecule has 1 aliphatic rings. The highest BCUT2D eigenvalue weighted by Gasteiger charge is 2.25. The van der Waals surface area contributed by atoms with E-state index < -0.39 is 12.0 Å². The number of carboxylic acids is 1. The molecule has 0 bridgehead atoms. The highest BCUT2D eigenvalue weighted by atomic mass is 79.9. The minimum absolute atomic E-state index is 0.455. The van der Waals surface area contributed by atoms with Gasteiger partial charge in [-0.3, -0.25) is 9.69 Å². The number of hydrogen-bond acceptors (Lipinski definition) is 3. The first-order valence-corrected chi connectivity index (χ1v) is 6.32. The zero-order valence-corrected chi connectivity index (χ0v) is 11.2. The Morgan fingerprint density at radius 2 is 2.29 bits per heavy atom. The number of aliphatic carboxylic acids is 1. The zero-order chi connectivity index (χ0) is 12.6. The average molecular weight is 299 g/mol. The Balaban J connectivity index is 2.27. The lowest BCUT2D eigenvalue weighted by Gasteiger charge is -2.32. The number of hydrogen-bond donors (Lipinski definition) is 2. The van der Waals surface area contributed by atoms with Crippen LogP contribution in [0.25, 0.3) is 0 Å². The number of carbonyl (C=O) groups is 1. The first-order chi connectivity index (χ1) is 7.99. The van der Waals surface area contributed by atoms with Gasteiger partial charge in [-0.05, 0) is 36.6 Å². The smallest absolute Gasteiger partial charge is 0.320 e. The molecule has 3 N–H and O–H groups in total. The lowest BCUT2D eigenvalue weighted by atomic mass is 9.97. The second kappa shape index (κ2) is 4.66. The van der Waals surface area contributed by atoms with Gasteiger partial charge in [0.15, 0.2) is 0 Å². The van der Waals surface area contributed by atoms with Gasteiger partial charge in [0.25, 0.3) is 0 Å². The molecule has 0 saturated carbocycles. The van der Waals surface area contributed by atoms with Crippen molar-refractivity contribution < 1.29 is 9.90 Å². The van der Waals surface area contributed by atoms with E-state index in [1.165, 1.54) is 0 Å². The SMILES string of the molecule is CC(C(=O)O)N1CCc2c(N)cc(Br)cc2C1. The van der Waals surface area contributed by atoms with Crippen LogP contribution in [0.1, 0.15) is 18.1 Å². The van der Waals surface area contributed by atoms with Gasteiger partial charge in [-0.1, -0.05) is 15.9 Å². The van der Waals surface area contributed by atoms with E-state index in [1.807, 2.05) is 17.0 Å². The molecular formula is C12H15BrN2O2. The van der Waals surface area contributed by atoms with E-state index in [1.54, 1.807) is 6.92 Å². The fraction of sp³-hybridized carbons (Fsp3) is 0.417. The lowest BCUT2D eigenvalue weighted by Crippen LogP contribution is -2.42. The Labute approximate surface area is 109 Å². The Bertz CT molecular complexity index is 462. The van der Waals surface area contributed by atoms with Crippen LogP contribution >= 0.6 is 15.9 Å². The summed E-state index contributed by atoms with van der Waals surface area (Å²) in [5, 5.41) is 9.02. The molecule has 92 valence electrons. The monoisotopic (exact) mass is 298 g/mol. The topological polar surface area (TPSA) is 66.6 Å². The summed E-state index contributed by atoms with van der Waals surface area (Å²) in [6.45, 7) is 3.10. The van der Waals surface area contributed by atoms with Gasteiger partial charge in [-0.2, -0.15) is 0 Å². The second-order valence-corrected chi connectivity index (χ2v) is 5.28. The molecule has 0 amide bonds. The molecule has 2 rings (SSSR count). The number of carboxylic acid groups (broad SMARTS) is 1. The lowest BCUT2D eigenvalue weighted by molar-refractivity contribution is -0.142. The van der Waals surface area contributed by atoms with Gasteiger partial charge >= 0.3 is 5.97 Å². The van der Waals surface area contributed by atoms with E-state index in [4.69, 9.17) is 10.8 Å². The summed E-state index contributed by atoms with van der Waals surface area (Å²) in [7, 11) is 0. The van der Waals surface area contributed by atoms with Crippen LogP contribution in [0.15, 0.2) is 16.6 Å². The highest BCUT2D eigenvalue weighted by molar-refractivity contribution is 9.10. The summed E-state index contributed by atoms with van der Waals surface area (Å²) >= 11 is 3.41. The number of rotatable bonds is 2. The quantitative estimate of drug-likeness (QED) is 0.818. The Kier molecular flexibility index (Phi) is 3.40. The molecule has 1 unspecified atom stereocenters. The van der Waals surface area contributed by atoms with Gasteiger partial charge in [0.2, 0.25) is 0 Å². The molecule has 0 aromatic heterocycles. The Morgan fingerprint density at radius 3 is 2.94 bits per heavy atom. The molecule has 17 heavy (non-hydrogen) atoms. The van der Waals surface area contributed by atoms with Crippen molar-refractivity contribution in [3.63, 3.8) is 0 Å². The van der Waals surface area contributed by atoms with Crippen LogP contribution in [-0.2, 0) is 17.8 Å². The molecule has 0 fully saturated rings. The van der Waals surface area contributed by atoms with Crippen LogP contribution in [0.4, 0.5) is 5.69 Å². The summed E-state index contributed by atoms with van der Waals surface area (Å²) in [5.41, 5.74) is 9.02. The third-order valence-electron chi connectivity index (χ3n) is 3.27. The maximum absolute atomic E-state index is 11.0. The molecule has 1 atom stereocenters. The van der Waals surface area contributed by atoms with Gasteiger partial charge < -0.3 is 10.8 Å². The summed E-state index contributed by atoms with van der Waals surface area (Å²) in [5.74, 6) is -0.781. The number of nitrogens with two attached hydrogens (primary N) is 1. The van der Waals surface area contributed by atoms with Gasteiger partial charge in [0.1, 0.15) is 6.04 Å². The van der Waals surface area contributed by atoms with Crippen molar-refractivity contribution in [1.29, 1.82) is 0 Å². The predicted octanol–water partition coefficient (Wildman–Crippen LogP) is 1.86. The fourth-order valence-corrected chi connectivity index (χ4v) is 2.73.